The normalized spacial score (nSPS) is 13.8. The molecule has 2 atom stereocenters. The van der Waals surface area contributed by atoms with Crippen molar-refractivity contribution in [2.24, 2.45) is 0 Å². The number of halogens is 3. The van der Waals surface area contributed by atoms with Crippen molar-refractivity contribution in [3.05, 3.63) is 71.5 Å². The van der Waals surface area contributed by atoms with Gasteiger partial charge in [-0.15, -0.1) is 0 Å². The number of rotatable bonds is 4. The van der Waals surface area contributed by atoms with E-state index in [9.17, 15) is 9.18 Å². The number of hydrogen-bond acceptors (Lipinski definition) is 1. The van der Waals surface area contributed by atoms with Gasteiger partial charge in [-0.1, -0.05) is 74.3 Å². The average Bonchev–Trinajstić information content (AvgIpc) is 2.46. The van der Waals surface area contributed by atoms with Crippen molar-refractivity contribution in [3.8, 4) is 0 Å². The Hall–Kier alpha value is -1.00. The number of alkyl halides is 2. The third-order valence-corrected chi connectivity index (χ3v) is 5.44. The molecule has 19 heavy (non-hydrogen) atoms. The summed E-state index contributed by atoms with van der Waals surface area (Å²) in [6.07, 6.45) is 0. The Kier molecular flexibility index (Phi) is 4.88. The number of hydrogen-bond donors (Lipinski definition) is 0. The molecule has 0 heterocycles. The molecule has 4 heteroatoms. The molecule has 0 radical (unpaired) electrons. The molecule has 0 amide bonds. The lowest BCUT2D eigenvalue weighted by atomic mass is 10.0. The Morgan fingerprint density at radius 1 is 1.00 bits per heavy atom. The molecule has 0 spiro atoms. The van der Waals surface area contributed by atoms with E-state index in [1.165, 1.54) is 12.1 Å². The van der Waals surface area contributed by atoms with Crippen molar-refractivity contribution in [1.29, 1.82) is 0 Å². The molecular formula is C15H11Br2FO. The van der Waals surface area contributed by atoms with Crippen LogP contribution in [0.1, 0.15) is 20.7 Å². The molecule has 2 aromatic carbocycles. The van der Waals surface area contributed by atoms with Crippen molar-refractivity contribution in [1.82, 2.24) is 0 Å². The van der Waals surface area contributed by atoms with Gasteiger partial charge in [0.15, 0.2) is 5.78 Å². The molecule has 0 fully saturated rings. The quantitative estimate of drug-likeness (QED) is 0.539. The zero-order valence-electron chi connectivity index (χ0n) is 9.89. The fraction of sp³-hybridized carbons (Fsp3) is 0.133. The van der Waals surface area contributed by atoms with Crippen molar-refractivity contribution < 1.29 is 9.18 Å². The van der Waals surface area contributed by atoms with Crippen LogP contribution < -0.4 is 0 Å². The zero-order chi connectivity index (χ0) is 13.8. The minimum absolute atomic E-state index is 0.0354. The average molecular weight is 386 g/mol. The molecule has 0 saturated carbocycles. The van der Waals surface area contributed by atoms with E-state index in [-0.39, 0.29) is 16.4 Å². The molecule has 2 unspecified atom stereocenters. The van der Waals surface area contributed by atoms with Crippen molar-refractivity contribution in [2.45, 2.75) is 9.65 Å². The fourth-order valence-electron chi connectivity index (χ4n) is 1.74. The SMILES string of the molecule is O=C(c1ccccc1)C(Br)C(Br)c1cccc(F)c1. The Bertz CT molecular complexity index is 571. The smallest absolute Gasteiger partial charge is 0.177 e. The predicted octanol–water partition coefficient (Wildman–Crippen LogP) is 4.91. The Balaban J connectivity index is 2.20. The Morgan fingerprint density at radius 2 is 1.68 bits per heavy atom. The summed E-state index contributed by atoms with van der Waals surface area (Å²) in [6, 6.07) is 15.2. The van der Waals surface area contributed by atoms with Gasteiger partial charge < -0.3 is 0 Å². The number of carbonyl (C=O) groups is 1. The van der Waals surface area contributed by atoms with Crippen molar-refractivity contribution >= 4 is 37.6 Å². The van der Waals surface area contributed by atoms with Crippen LogP contribution in [0.15, 0.2) is 54.6 Å². The molecule has 0 aromatic heterocycles. The van der Waals surface area contributed by atoms with Crippen molar-refractivity contribution in [3.63, 3.8) is 0 Å². The van der Waals surface area contributed by atoms with Crippen LogP contribution >= 0.6 is 31.9 Å². The van der Waals surface area contributed by atoms with E-state index in [0.29, 0.717) is 5.56 Å². The molecular weight excluding hydrogens is 375 g/mol. The van der Waals surface area contributed by atoms with Crippen molar-refractivity contribution in [2.75, 3.05) is 0 Å². The Morgan fingerprint density at radius 3 is 2.32 bits per heavy atom. The summed E-state index contributed by atoms with van der Waals surface area (Å²) in [7, 11) is 0. The summed E-state index contributed by atoms with van der Waals surface area (Å²) in [5, 5.41) is 0. The molecule has 1 nitrogen and oxygen atoms in total. The van der Waals surface area contributed by atoms with E-state index in [4.69, 9.17) is 0 Å². The summed E-state index contributed by atoms with van der Waals surface area (Å²) in [5.41, 5.74) is 1.36. The first-order chi connectivity index (χ1) is 9.09. The van der Waals surface area contributed by atoms with E-state index in [2.05, 4.69) is 31.9 Å². The number of ketones is 1. The maximum atomic E-state index is 13.2. The minimum Gasteiger partial charge on any atom is -0.293 e. The van der Waals surface area contributed by atoms with Crippen LogP contribution in [0.5, 0.6) is 0 Å². The first-order valence-corrected chi connectivity index (χ1v) is 7.55. The van der Waals surface area contributed by atoms with Gasteiger partial charge >= 0.3 is 0 Å². The van der Waals surface area contributed by atoms with Gasteiger partial charge in [0.2, 0.25) is 0 Å². The van der Waals surface area contributed by atoms with Crippen LogP contribution in [0, 0.1) is 5.82 Å². The maximum absolute atomic E-state index is 13.2. The highest BCUT2D eigenvalue weighted by atomic mass is 79.9. The largest absolute Gasteiger partial charge is 0.293 e. The van der Waals surface area contributed by atoms with E-state index < -0.39 is 4.83 Å². The third-order valence-electron chi connectivity index (χ3n) is 2.73. The highest BCUT2D eigenvalue weighted by Gasteiger charge is 2.26. The molecule has 0 aliphatic heterocycles. The van der Waals surface area contributed by atoms with Gasteiger partial charge in [0.1, 0.15) is 5.82 Å². The van der Waals surface area contributed by atoms with Gasteiger partial charge in [0, 0.05) is 5.56 Å². The second-order valence-electron chi connectivity index (χ2n) is 4.09. The second-order valence-corrected chi connectivity index (χ2v) is 6.06. The summed E-state index contributed by atoms with van der Waals surface area (Å²) in [5.74, 6) is -0.347. The number of benzene rings is 2. The van der Waals surface area contributed by atoms with Crippen LogP contribution in [0.4, 0.5) is 4.39 Å². The lowest BCUT2D eigenvalue weighted by molar-refractivity contribution is 0.0991. The molecule has 98 valence electrons. The molecule has 0 N–H and O–H groups in total. The third kappa shape index (κ3) is 3.51. The van der Waals surface area contributed by atoms with E-state index >= 15 is 0 Å². The summed E-state index contributed by atoms with van der Waals surface area (Å²) in [4.78, 5) is 11.5. The van der Waals surface area contributed by atoms with Gasteiger partial charge in [-0.05, 0) is 17.7 Å². The van der Waals surface area contributed by atoms with Gasteiger partial charge in [-0.2, -0.15) is 0 Å². The lowest BCUT2D eigenvalue weighted by Crippen LogP contribution is -2.19. The summed E-state index contributed by atoms with van der Waals surface area (Å²) >= 11 is 6.84. The van der Waals surface area contributed by atoms with Crippen LogP contribution in [0.25, 0.3) is 0 Å². The highest BCUT2D eigenvalue weighted by molar-refractivity contribution is 9.12. The van der Waals surface area contributed by atoms with Crippen LogP contribution in [-0.4, -0.2) is 10.6 Å². The van der Waals surface area contributed by atoms with E-state index in [0.717, 1.165) is 5.56 Å². The van der Waals surface area contributed by atoms with Gasteiger partial charge in [-0.3, -0.25) is 4.79 Å². The Labute approximate surface area is 128 Å². The first kappa shape index (κ1) is 14.4. The number of Topliss-reactive ketones (excluding diaryl/α,β-unsaturated/α-hetero) is 1. The maximum Gasteiger partial charge on any atom is 0.177 e. The van der Waals surface area contributed by atoms with Gasteiger partial charge in [0.25, 0.3) is 0 Å². The lowest BCUT2D eigenvalue weighted by Gasteiger charge is -2.16. The predicted molar refractivity (Wildman–Crippen MR) is 81.6 cm³/mol. The number of carbonyl (C=O) groups excluding carboxylic acids is 1. The fourth-order valence-corrected chi connectivity index (χ4v) is 2.84. The molecule has 2 aromatic rings. The van der Waals surface area contributed by atoms with Crippen LogP contribution in [0.2, 0.25) is 0 Å². The minimum atomic E-state index is -0.448. The van der Waals surface area contributed by atoms with E-state index in [1.54, 1.807) is 24.3 Å². The van der Waals surface area contributed by atoms with Gasteiger partial charge in [0.05, 0.1) is 9.65 Å². The van der Waals surface area contributed by atoms with Crippen LogP contribution in [-0.2, 0) is 0 Å². The van der Waals surface area contributed by atoms with Crippen LogP contribution in [0.3, 0.4) is 0 Å². The first-order valence-electron chi connectivity index (χ1n) is 5.72. The molecule has 0 bridgehead atoms. The second kappa shape index (κ2) is 6.44. The molecule has 2 rings (SSSR count). The molecule has 0 aliphatic carbocycles. The summed E-state index contributed by atoms with van der Waals surface area (Å²) in [6.45, 7) is 0. The van der Waals surface area contributed by atoms with E-state index in [1.807, 2.05) is 18.2 Å². The molecule has 0 saturated heterocycles. The molecule has 0 aliphatic rings. The highest BCUT2D eigenvalue weighted by Crippen LogP contribution is 2.33. The zero-order valence-corrected chi connectivity index (χ0v) is 13.1. The van der Waals surface area contributed by atoms with Gasteiger partial charge in [-0.25, -0.2) is 4.39 Å². The topological polar surface area (TPSA) is 17.1 Å². The standard InChI is InChI=1S/C15H11Br2FO/c16-13(11-7-4-8-12(18)9-11)14(17)15(19)10-5-2-1-3-6-10/h1-9,13-14H. The summed E-state index contributed by atoms with van der Waals surface area (Å²) < 4.78 is 13.2. The monoisotopic (exact) mass is 384 g/mol.